The van der Waals surface area contributed by atoms with E-state index < -0.39 is 11.6 Å². The smallest absolute Gasteiger partial charge is 0.163 e. The van der Waals surface area contributed by atoms with Crippen molar-refractivity contribution in [2.24, 2.45) is 5.92 Å². The molecule has 2 nitrogen and oxygen atoms in total. The molecule has 0 radical (unpaired) electrons. The lowest BCUT2D eigenvalue weighted by molar-refractivity contribution is 0.199. The minimum Gasteiger partial charge on any atom is -0.313 e. The molecule has 112 valence electrons. The van der Waals surface area contributed by atoms with Crippen molar-refractivity contribution in [3.05, 3.63) is 35.4 Å². The average molecular weight is 282 g/mol. The number of benzene rings is 1. The van der Waals surface area contributed by atoms with Crippen molar-refractivity contribution in [1.29, 1.82) is 0 Å². The highest BCUT2D eigenvalue weighted by Gasteiger charge is 2.20. The van der Waals surface area contributed by atoms with Crippen LogP contribution in [0.3, 0.4) is 0 Å². The number of nitrogens with one attached hydrogen (secondary N) is 1. The van der Waals surface area contributed by atoms with E-state index in [1.807, 2.05) is 0 Å². The third kappa shape index (κ3) is 3.76. The zero-order valence-electron chi connectivity index (χ0n) is 12.3. The number of halogens is 2. The maximum Gasteiger partial charge on any atom is 0.163 e. The van der Waals surface area contributed by atoms with E-state index in [2.05, 4.69) is 17.3 Å². The molecule has 1 unspecified atom stereocenters. The quantitative estimate of drug-likeness (QED) is 0.825. The molecule has 20 heavy (non-hydrogen) atoms. The third-order valence-corrected chi connectivity index (χ3v) is 4.30. The van der Waals surface area contributed by atoms with Crippen LogP contribution in [0, 0.1) is 17.6 Å². The fraction of sp³-hybridized carbons (Fsp3) is 0.625. The lowest BCUT2D eigenvalue weighted by Crippen LogP contribution is -2.32. The van der Waals surface area contributed by atoms with E-state index in [0.29, 0.717) is 5.56 Å². The van der Waals surface area contributed by atoms with Gasteiger partial charge in [-0.3, -0.25) is 0 Å². The van der Waals surface area contributed by atoms with E-state index in [-0.39, 0.29) is 6.04 Å². The van der Waals surface area contributed by atoms with E-state index in [1.165, 1.54) is 19.3 Å². The van der Waals surface area contributed by atoms with Crippen molar-refractivity contribution >= 4 is 0 Å². The molecule has 0 saturated heterocycles. The Morgan fingerprint density at radius 3 is 2.70 bits per heavy atom. The summed E-state index contributed by atoms with van der Waals surface area (Å²) in [6.45, 7) is 2.00. The van der Waals surface area contributed by atoms with Gasteiger partial charge in [-0.05, 0) is 51.9 Å². The molecule has 1 fully saturated rings. The van der Waals surface area contributed by atoms with E-state index >= 15 is 0 Å². The summed E-state index contributed by atoms with van der Waals surface area (Å²) in [4.78, 5) is 2.30. The Morgan fingerprint density at radius 2 is 2.10 bits per heavy atom. The molecule has 1 saturated carbocycles. The van der Waals surface area contributed by atoms with Gasteiger partial charge in [-0.1, -0.05) is 18.6 Å². The fourth-order valence-electron chi connectivity index (χ4n) is 2.80. The molecule has 1 aliphatic carbocycles. The Morgan fingerprint density at radius 1 is 1.35 bits per heavy atom. The van der Waals surface area contributed by atoms with Crippen LogP contribution in [0.15, 0.2) is 18.2 Å². The largest absolute Gasteiger partial charge is 0.313 e. The summed E-state index contributed by atoms with van der Waals surface area (Å²) >= 11 is 0. The van der Waals surface area contributed by atoms with Crippen LogP contribution in [0.5, 0.6) is 0 Å². The minimum absolute atomic E-state index is 0.144. The van der Waals surface area contributed by atoms with Crippen molar-refractivity contribution in [3.8, 4) is 0 Å². The van der Waals surface area contributed by atoms with Gasteiger partial charge >= 0.3 is 0 Å². The van der Waals surface area contributed by atoms with Gasteiger partial charge in [0.25, 0.3) is 0 Å². The van der Waals surface area contributed by atoms with E-state index in [0.717, 1.165) is 31.5 Å². The number of rotatable bonds is 7. The van der Waals surface area contributed by atoms with Crippen LogP contribution in [0.1, 0.15) is 37.3 Å². The summed E-state index contributed by atoms with van der Waals surface area (Å²) in [6.07, 6.45) is 4.79. The molecule has 1 atom stereocenters. The lowest BCUT2D eigenvalue weighted by atomic mass is 9.85. The predicted octanol–water partition coefficient (Wildman–Crippen LogP) is 3.35. The summed E-state index contributed by atoms with van der Waals surface area (Å²) in [5.74, 6) is -0.669. The topological polar surface area (TPSA) is 15.3 Å². The standard InChI is InChI=1S/C16H24F2N2/c1-19-15(13-7-4-8-14(17)16(13)18)9-10-20(2)11-12-5-3-6-12/h4,7-8,12,15,19H,3,5-6,9-11H2,1-2H3. The van der Waals surface area contributed by atoms with Crippen molar-refractivity contribution in [3.63, 3.8) is 0 Å². The molecule has 4 heteroatoms. The van der Waals surface area contributed by atoms with Crippen molar-refractivity contribution in [1.82, 2.24) is 10.2 Å². The minimum atomic E-state index is -0.773. The molecule has 1 aromatic rings. The lowest BCUT2D eigenvalue weighted by Gasteiger charge is -2.31. The van der Waals surface area contributed by atoms with Gasteiger partial charge in [-0.25, -0.2) is 8.78 Å². The van der Waals surface area contributed by atoms with E-state index in [1.54, 1.807) is 19.2 Å². The van der Waals surface area contributed by atoms with Crippen LogP contribution in [-0.2, 0) is 0 Å². The predicted molar refractivity (Wildman–Crippen MR) is 77.6 cm³/mol. The highest BCUT2D eigenvalue weighted by Crippen LogP contribution is 2.27. The Bertz CT molecular complexity index is 432. The first-order valence-electron chi connectivity index (χ1n) is 7.41. The first kappa shape index (κ1) is 15.4. The fourth-order valence-corrected chi connectivity index (χ4v) is 2.80. The average Bonchev–Trinajstić information content (AvgIpc) is 2.39. The highest BCUT2D eigenvalue weighted by atomic mass is 19.2. The molecule has 1 N–H and O–H groups in total. The first-order valence-corrected chi connectivity index (χ1v) is 7.41. The Hall–Kier alpha value is -1.00. The van der Waals surface area contributed by atoms with Crippen LogP contribution in [0.4, 0.5) is 8.78 Å². The molecule has 0 amide bonds. The second kappa shape index (κ2) is 7.14. The first-order chi connectivity index (χ1) is 9.61. The maximum absolute atomic E-state index is 13.8. The molecule has 0 aromatic heterocycles. The highest BCUT2D eigenvalue weighted by molar-refractivity contribution is 5.22. The van der Waals surface area contributed by atoms with Crippen LogP contribution in [0.25, 0.3) is 0 Å². The molecular weight excluding hydrogens is 258 g/mol. The van der Waals surface area contributed by atoms with Crippen molar-refractivity contribution in [2.45, 2.75) is 31.7 Å². The van der Waals surface area contributed by atoms with Gasteiger partial charge in [0.05, 0.1) is 0 Å². The van der Waals surface area contributed by atoms with Crippen molar-refractivity contribution < 1.29 is 8.78 Å². The summed E-state index contributed by atoms with van der Waals surface area (Å²) in [5.41, 5.74) is 0.421. The van der Waals surface area contributed by atoms with Crippen molar-refractivity contribution in [2.75, 3.05) is 27.2 Å². The van der Waals surface area contributed by atoms with Gasteiger partial charge < -0.3 is 10.2 Å². The number of nitrogens with zero attached hydrogens (tertiary/aromatic N) is 1. The molecule has 1 aliphatic rings. The van der Waals surface area contributed by atoms with E-state index in [4.69, 9.17) is 0 Å². The second-order valence-corrected chi connectivity index (χ2v) is 5.83. The Kier molecular flexibility index (Phi) is 5.49. The van der Waals surface area contributed by atoms with Crippen LogP contribution >= 0.6 is 0 Å². The van der Waals surface area contributed by atoms with Crippen LogP contribution in [0.2, 0.25) is 0 Å². The Balaban J connectivity index is 1.89. The van der Waals surface area contributed by atoms with Gasteiger partial charge in [-0.2, -0.15) is 0 Å². The van der Waals surface area contributed by atoms with Gasteiger partial charge in [0.1, 0.15) is 0 Å². The zero-order chi connectivity index (χ0) is 14.5. The summed E-state index contributed by atoms with van der Waals surface area (Å²) in [6, 6.07) is 4.24. The van der Waals surface area contributed by atoms with Gasteiger partial charge in [0.15, 0.2) is 11.6 Å². The number of hydrogen-bond acceptors (Lipinski definition) is 2. The molecule has 0 heterocycles. The monoisotopic (exact) mass is 282 g/mol. The molecule has 1 aromatic carbocycles. The molecule has 0 bridgehead atoms. The van der Waals surface area contributed by atoms with E-state index in [9.17, 15) is 8.78 Å². The molecule has 2 rings (SSSR count). The molecule has 0 spiro atoms. The van der Waals surface area contributed by atoms with Gasteiger partial charge in [0.2, 0.25) is 0 Å². The normalized spacial score (nSPS) is 17.2. The van der Waals surface area contributed by atoms with Gasteiger partial charge in [0, 0.05) is 18.2 Å². The molecule has 0 aliphatic heterocycles. The van der Waals surface area contributed by atoms with Gasteiger partial charge in [-0.15, -0.1) is 0 Å². The summed E-state index contributed by atoms with van der Waals surface area (Å²) < 4.78 is 27.1. The summed E-state index contributed by atoms with van der Waals surface area (Å²) in [7, 11) is 3.90. The summed E-state index contributed by atoms with van der Waals surface area (Å²) in [5, 5.41) is 3.09. The Labute approximate surface area is 120 Å². The maximum atomic E-state index is 13.8. The molecular formula is C16H24F2N2. The van der Waals surface area contributed by atoms with Crippen LogP contribution in [-0.4, -0.2) is 32.1 Å². The third-order valence-electron chi connectivity index (χ3n) is 4.30. The zero-order valence-corrected chi connectivity index (χ0v) is 12.3. The SMILES string of the molecule is CNC(CCN(C)CC1CCC1)c1cccc(F)c1F. The number of hydrogen-bond donors (Lipinski definition) is 1. The second-order valence-electron chi connectivity index (χ2n) is 5.83. The van der Waals surface area contributed by atoms with Crippen LogP contribution < -0.4 is 5.32 Å².